The van der Waals surface area contributed by atoms with E-state index in [1.807, 2.05) is 20.2 Å². The quantitative estimate of drug-likeness (QED) is 0.852. The van der Waals surface area contributed by atoms with E-state index in [0.717, 1.165) is 12.1 Å². The zero-order valence-corrected chi connectivity index (χ0v) is 13.1. The molecule has 0 fully saturated rings. The van der Waals surface area contributed by atoms with Gasteiger partial charge in [-0.2, -0.15) is 0 Å². The van der Waals surface area contributed by atoms with Gasteiger partial charge in [-0.1, -0.05) is 12.1 Å². The number of hydrogen-bond acceptors (Lipinski definition) is 3. The first-order valence-electron chi connectivity index (χ1n) is 7.46. The van der Waals surface area contributed by atoms with Crippen molar-refractivity contribution in [3.05, 3.63) is 59.9 Å². The first-order chi connectivity index (χ1) is 10.6. The van der Waals surface area contributed by atoms with E-state index in [2.05, 4.69) is 23.1 Å². The van der Waals surface area contributed by atoms with Crippen molar-refractivity contribution < 1.29 is 9.13 Å². The molecular formula is C18H23FN2O. The summed E-state index contributed by atoms with van der Waals surface area (Å²) in [6.45, 7) is 1.13. The van der Waals surface area contributed by atoms with E-state index in [-0.39, 0.29) is 11.7 Å². The summed E-state index contributed by atoms with van der Waals surface area (Å²) < 4.78 is 18.5. The summed E-state index contributed by atoms with van der Waals surface area (Å²) in [7, 11) is 4.04. The van der Waals surface area contributed by atoms with Gasteiger partial charge >= 0.3 is 0 Å². The fraction of sp³-hybridized carbons (Fsp3) is 0.333. The van der Waals surface area contributed by atoms with Crippen LogP contribution in [-0.4, -0.2) is 27.2 Å². The summed E-state index contributed by atoms with van der Waals surface area (Å²) >= 11 is 0. The normalized spacial score (nSPS) is 12.0. The van der Waals surface area contributed by atoms with Crippen molar-refractivity contribution >= 4 is 5.69 Å². The number of anilines is 1. The Balaban J connectivity index is 1.94. The smallest absolute Gasteiger partial charge is 0.123 e. The van der Waals surface area contributed by atoms with Gasteiger partial charge in [-0.3, -0.25) is 0 Å². The monoisotopic (exact) mass is 302 g/mol. The molecule has 2 aromatic carbocycles. The zero-order valence-electron chi connectivity index (χ0n) is 13.1. The summed E-state index contributed by atoms with van der Waals surface area (Å²) in [6, 6.07) is 14.5. The van der Waals surface area contributed by atoms with Gasteiger partial charge in [-0.25, -0.2) is 4.39 Å². The minimum Gasteiger partial charge on any atom is -0.494 e. The standard InChI is InChI=1S/C18H23FN2O/c1-21(2)17-5-3-4-14(12-17)15(13-20)10-11-22-18-8-6-16(19)7-9-18/h3-9,12,15H,10-11,13,20H2,1-2H3. The van der Waals surface area contributed by atoms with Crippen LogP contribution < -0.4 is 15.4 Å². The van der Waals surface area contributed by atoms with E-state index < -0.39 is 0 Å². The van der Waals surface area contributed by atoms with E-state index in [9.17, 15) is 4.39 Å². The largest absolute Gasteiger partial charge is 0.494 e. The van der Waals surface area contributed by atoms with Crippen LogP contribution in [0.25, 0.3) is 0 Å². The molecule has 0 heterocycles. The molecule has 0 aliphatic rings. The molecule has 1 unspecified atom stereocenters. The van der Waals surface area contributed by atoms with Crippen LogP contribution in [0, 0.1) is 5.82 Å². The van der Waals surface area contributed by atoms with E-state index in [1.54, 1.807) is 12.1 Å². The molecule has 118 valence electrons. The first kappa shape index (κ1) is 16.3. The fourth-order valence-electron chi connectivity index (χ4n) is 2.33. The van der Waals surface area contributed by atoms with Gasteiger partial charge in [0.05, 0.1) is 6.61 Å². The van der Waals surface area contributed by atoms with E-state index >= 15 is 0 Å². The molecule has 0 bridgehead atoms. The summed E-state index contributed by atoms with van der Waals surface area (Å²) in [5, 5.41) is 0. The predicted octanol–water partition coefficient (Wildman–Crippen LogP) is 3.40. The number of ether oxygens (including phenoxy) is 1. The molecule has 0 aliphatic carbocycles. The Morgan fingerprint density at radius 3 is 2.50 bits per heavy atom. The highest BCUT2D eigenvalue weighted by Gasteiger charge is 2.11. The molecule has 0 aromatic heterocycles. The van der Waals surface area contributed by atoms with Crippen LogP contribution in [0.5, 0.6) is 5.75 Å². The molecule has 2 aromatic rings. The molecule has 3 nitrogen and oxygen atoms in total. The number of rotatable bonds is 7. The lowest BCUT2D eigenvalue weighted by Gasteiger charge is -2.19. The highest BCUT2D eigenvalue weighted by Crippen LogP contribution is 2.23. The Labute approximate surface area is 131 Å². The van der Waals surface area contributed by atoms with Crippen molar-refractivity contribution in [2.75, 3.05) is 32.1 Å². The molecule has 4 heteroatoms. The van der Waals surface area contributed by atoms with Gasteiger partial charge in [-0.15, -0.1) is 0 Å². The average Bonchev–Trinajstić information content (AvgIpc) is 2.53. The Kier molecular flexibility index (Phi) is 5.78. The van der Waals surface area contributed by atoms with E-state index in [4.69, 9.17) is 10.5 Å². The molecule has 2 rings (SSSR count). The number of nitrogens with zero attached hydrogens (tertiary/aromatic N) is 1. The molecule has 0 amide bonds. The van der Waals surface area contributed by atoms with Crippen LogP contribution in [0.3, 0.4) is 0 Å². The van der Waals surface area contributed by atoms with Crippen LogP contribution in [0.2, 0.25) is 0 Å². The zero-order chi connectivity index (χ0) is 15.9. The molecule has 0 aliphatic heterocycles. The molecule has 0 radical (unpaired) electrons. The second kappa shape index (κ2) is 7.80. The molecule has 22 heavy (non-hydrogen) atoms. The minimum atomic E-state index is -0.257. The van der Waals surface area contributed by atoms with Crippen LogP contribution in [0.1, 0.15) is 17.9 Å². The fourth-order valence-corrected chi connectivity index (χ4v) is 2.33. The molecule has 2 N–H and O–H groups in total. The highest BCUT2D eigenvalue weighted by atomic mass is 19.1. The van der Waals surface area contributed by atoms with E-state index in [0.29, 0.717) is 18.9 Å². The third-order valence-corrected chi connectivity index (χ3v) is 3.69. The third-order valence-electron chi connectivity index (χ3n) is 3.69. The summed E-state index contributed by atoms with van der Waals surface area (Å²) in [6.07, 6.45) is 0.824. The lowest BCUT2D eigenvalue weighted by Crippen LogP contribution is -2.16. The van der Waals surface area contributed by atoms with Gasteiger partial charge in [-0.05, 0) is 60.8 Å². The molecule has 0 saturated carbocycles. The van der Waals surface area contributed by atoms with Crippen LogP contribution in [-0.2, 0) is 0 Å². The number of benzene rings is 2. The van der Waals surface area contributed by atoms with E-state index in [1.165, 1.54) is 17.7 Å². The Bertz CT molecular complexity index is 584. The predicted molar refractivity (Wildman–Crippen MR) is 89.1 cm³/mol. The third kappa shape index (κ3) is 4.46. The lowest BCUT2D eigenvalue weighted by molar-refractivity contribution is 0.298. The van der Waals surface area contributed by atoms with Crippen molar-refractivity contribution in [3.63, 3.8) is 0 Å². The number of nitrogens with two attached hydrogens (primary N) is 1. The molecule has 0 spiro atoms. The van der Waals surface area contributed by atoms with Crippen LogP contribution in [0.4, 0.5) is 10.1 Å². The molecule has 1 atom stereocenters. The Morgan fingerprint density at radius 1 is 1.14 bits per heavy atom. The maximum Gasteiger partial charge on any atom is 0.123 e. The Morgan fingerprint density at radius 2 is 1.86 bits per heavy atom. The summed E-state index contributed by atoms with van der Waals surface area (Å²) in [5.74, 6) is 0.673. The second-order valence-corrected chi connectivity index (χ2v) is 5.51. The lowest BCUT2D eigenvalue weighted by atomic mass is 9.95. The average molecular weight is 302 g/mol. The summed E-state index contributed by atoms with van der Waals surface area (Å²) in [4.78, 5) is 2.08. The summed E-state index contributed by atoms with van der Waals surface area (Å²) in [5.41, 5.74) is 8.29. The molecule has 0 saturated heterocycles. The van der Waals surface area contributed by atoms with Gasteiger partial charge < -0.3 is 15.4 Å². The van der Waals surface area contributed by atoms with Crippen molar-refractivity contribution in [3.8, 4) is 5.75 Å². The van der Waals surface area contributed by atoms with Gasteiger partial charge in [0.1, 0.15) is 11.6 Å². The van der Waals surface area contributed by atoms with Crippen molar-refractivity contribution in [2.45, 2.75) is 12.3 Å². The number of hydrogen-bond donors (Lipinski definition) is 1. The van der Waals surface area contributed by atoms with Crippen LogP contribution >= 0.6 is 0 Å². The Hall–Kier alpha value is -2.07. The van der Waals surface area contributed by atoms with Crippen molar-refractivity contribution in [2.24, 2.45) is 5.73 Å². The SMILES string of the molecule is CN(C)c1cccc(C(CN)CCOc2ccc(F)cc2)c1. The van der Waals surface area contributed by atoms with Crippen molar-refractivity contribution in [1.82, 2.24) is 0 Å². The highest BCUT2D eigenvalue weighted by molar-refractivity contribution is 5.48. The van der Waals surface area contributed by atoms with Gasteiger partial charge in [0.25, 0.3) is 0 Å². The van der Waals surface area contributed by atoms with Gasteiger partial charge in [0, 0.05) is 19.8 Å². The topological polar surface area (TPSA) is 38.5 Å². The maximum absolute atomic E-state index is 12.8. The second-order valence-electron chi connectivity index (χ2n) is 5.51. The van der Waals surface area contributed by atoms with Crippen LogP contribution in [0.15, 0.2) is 48.5 Å². The first-order valence-corrected chi connectivity index (χ1v) is 7.46. The molecular weight excluding hydrogens is 279 g/mol. The van der Waals surface area contributed by atoms with Gasteiger partial charge in [0.2, 0.25) is 0 Å². The maximum atomic E-state index is 12.8. The number of halogens is 1. The van der Waals surface area contributed by atoms with Gasteiger partial charge in [0.15, 0.2) is 0 Å². The van der Waals surface area contributed by atoms with Crippen molar-refractivity contribution in [1.29, 1.82) is 0 Å². The minimum absolute atomic E-state index is 0.250.